The molecular weight excluding hydrogens is 194 g/mol. The van der Waals surface area contributed by atoms with Crippen molar-refractivity contribution in [2.75, 3.05) is 13.1 Å². The summed E-state index contributed by atoms with van der Waals surface area (Å²) < 4.78 is 0. The van der Waals surface area contributed by atoms with Gasteiger partial charge in [0.2, 0.25) is 0 Å². The van der Waals surface area contributed by atoms with Gasteiger partial charge in [0.25, 0.3) is 0 Å². The molecule has 1 heterocycles. The van der Waals surface area contributed by atoms with Crippen LogP contribution >= 0.6 is 0 Å². The average molecular weight is 209 g/mol. The highest BCUT2D eigenvalue weighted by molar-refractivity contribution is 5.83. The predicted molar refractivity (Wildman–Crippen MR) is 66.6 cm³/mol. The van der Waals surface area contributed by atoms with E-state index in [0.29, 0.717) is 5.41 Å². The summed E-state index contributed by atoms with van der Waals surface area (Å²) in [5, 5.41) is 6.24. The summed E-state index contributed by atoms with van der Waals surface area (Å²) >= 11 is 0. The Morgan fingerprint density at radius 1 is 1.06 bits per heavy atom. The van der Waals surface area contributed by atoms with Crippen molar-refractivity contribution in [3.8, 4) is 0 Å². The van der Waals surface area contributed by atoms with Crippen LogP contribution in [-0.2, 0) is 5.41 Å². The van der Waals surface area contributed by atoms with Crippen LogP contribution < -0.4 is 5.32 Å². The molecule has 2 fully saturated rings. The van der Waals surface area contributed by atoms with Gasteiger partial charge in [-0.25, -0.2) is 0 Å². The maximum Gasteiger partial charge on any atom is 0.0122 e. The number of hydrogen-bond donors (Lipinski definition) is 1. The maximum atomic E-state index is 3.51. The van der Waals surface area contributed by atoms with E-state index in [2.05, 4.69) is 47.8 Å². The molecule has 0 aromatic heterocycles. The van der Waals surface area contributed by atoms with E-state index in [9.17, 15) is 0 Å². The van der Waals surface area contributed by atoms with Crippen LogP contribution in [0, 0.1) is 5.92 Å². The lowest BCUT2D eigenvalue weighted by atomic mass is 9.93. The highest BCUT2D eigenvalue weighted by Crippen LogP contribution is 2.56. The van der Waals surface area contributed by atoms with E-state index in [4.69, 9.17) is 0 Å². The minimum atomic E-state index is 0.490. The molecule has 0 radical (unpaired) electrons. The SMILES string of the molecule is c1ccc2cc([C@@]34CNC[C@@H]3C4)ccc2c1. The van der Waals surface area contributed by atoms with E-state index in [-0.39, 0.29) is 0 Å². The fraction of sp³-hybridized carbons (Fsp3) is 0.333. The summed E-state index contributed by atoms with van der Waals surface area (Å²) in [6, 6.07) is 15.6. The quantitative estimate of drug-likeness (QED) is 0.761. The Hall–Kier alpha value is -1.34. The molecule has 0 spiro atoms. The summed E-state index contributed by atoms with van der Waals surface area (Å²) in [6.07, 6.45) is 1.39. The van der Waals surface area contributed by atoms with E-state index in [1.807, 2.05) is 0 Å². The van der Waals surface area contributed by atoms with Crippen LogP contribution in [0.3, 0.4) is 0 Å². The molecule has 1 aliphatic heterocycles. The second-order valence-electron chi connectivity index (χ2n) is 5.25. The van der Waals surface area contributed by atoms with Gasteiger partial charge in [0.15, 0.2) is 0 Å². The maximum absolute atomic E-state index is 3.51. The zero-order chi connectivity index (χ0) is 10.6. The first kappa shape index (κ1) is 8.77. The highest BCUT2D eigenvalue weighted by atomic mass is 15.0. The normalized spacial score (nSPS) is 31.6. The Morgan fingerprint density at radius 2 is 1.94 bits per heavy atom. The molecule has 2 atom stereocenters. The lowest BCUT2D eigenvalue weighted by molar-refractivity contribution is 0.676. The molecule has 0 amide bonds. The Morgan fingerprint density at radius 3 is 2.69 bits per heavy atom. The topological polar surface area (TPSA) is 12.0 Å². The molecule has 0 bridgehead atoms. The van der Waals surface area contributed by atoms with Crippen molar-refractivity contribution in [2.45, 2.75) is 11.8 Å². The Balaban J connectivity index is 1.87. The van der Waals surface area contributed by atoms with Crippen molar-refractivity contribution in [1.82, 2.24) is 5.32 Å². The van der Waals surface area contributed by atoms with Gasteiger partial charge in [-0.3, -0.25) is 0 Å². The largest absolute Gasteiger partial charge is 0.316 e. The lowest BCUT2D eigenvalue weighted by Crippen LogP contribution is -2.19. The molecule has 2 aromatic carbocycles. The van der Waals surface area contributed by atoms with E-state index in [1.54, 1.807) is 5.56 Å². The van der Waals surface area contributed by atoms with Crippen LogP contribution in [0.5, 0.6) is 0 Å². The molecule has 80 valence electrons. The standard InChI is InChI=1S/C15H15N/c1-2-4-12-7-13(6-5-11(12)3-1)15-8-14(15)9-16-10-15/h1-7,14,16H,8-10H2/t14-,15+/m0/s1. The van der Waals surface area contributed by atoms with Crippen molar-refractivity contribution in [1.29, 1.82) is 0 Å². The van der Waals surface area contributed by atoms with Gasteiger partial charge < -0.3 is 5.32 Å². The van der Waals surface area contributed by atoms with Crippen LogP contribution in [0.1, 0.15) is 12.0 Å². The zero-order valence-corrected chi connectivity index (χ0v) is 9.24. The van der Waals surface area contributed by atoms with Gasteiger partial charge in [-0.2, -0.15) is 0 Å². The molecule has 4 rings (SSSR count). The van der Waals surface area contributed by atoms with Crippen LogP contribution in [0.15, 0.2) is 42.5 Å². The van der Waals surface area contributed by atoms with Crippen LogP contribution in [0.25, 0.3) is 10.8 Å². The van der Waals surface area contributed by atoms with E-state index >= 15 is 0 Å². The van der Waals surface area contributed by atoms with Crippen molar-refractivity contribution in [3.05, 3.63) is 48.0 Å². The molecule has 1 N–H and O–H groups in total. The molecule has 1 saturated heterocycles. The van der Waals surface area contributed by atoms with Gasteiger partial charge in [-0.1, -0.05) is 42.5 Å². The number of rotatable bonds is 1. The van der Waals surface area contributed by atoms with Gasteiger partial charge in [-0.15, -0.1) is 0 Å². The third kappa shape index (κ3) is 1.04. The van der Waals surface area contributed by atoms with Crippen molar-refractivity contribution < 1.29 is 0 Å². The van der Waals surface area contributed by atoms with Crippen LogP contribution in [0.2, 0.25) is 0 Å². The van der Waals surface area contributed by atoms with Crippen LogP contribution in [0.4, 0.5) is 0 Å². The fourth-order valence-electron chi connectivity index (χ4n) is 3.29. The van der Waals surface area contributed by atoms with Crippen molar-refractivity contribution in [3.63, 3.8) is 0 Å². The summed E-state index contributed by atoms with van der Waals surface area (Å²) in [4.78, 5) is 0. The third-order valence-corrected chi connectivity index (χ3v) is 4.39. The number of piperidine rings is 1. The van der Waals surface area contributed by atoms with Crippen molar-refractivity contribution >= 4 is 10.8 Å². The first-order valence-electron chi connectivity index (χ1n) is 6.08. The summed E-state index contributed by atoms with van der Waals surface area (Å²) in [5.74, 6) is 0.897. The van der Waals surface area contributed by atoms with Gasteiger partial charge in [-0.05, 0) is 35.2 Å². The third-order valence-electron chi connectivity index (χ3n) is 4.39. The summed E-state index contributed by atoms with van der Waals surface area (Å²) in [7, 11) is 0. The summed E-state index contributed by atoms with van der Waals surface area (Å²) in [5.41, 5.74) is 2.03. The molecule has 0 unspecified atom stereocenters. The number of fused-ring (bicyclic) bond motifs is 2. The first-order valence-corrected chi connectivity index (χ1v) is 6.08. The van der Waals surface area contributed by atoms with Crippen molar-refractivity contribution in [2.24, 2.45) is 5.92 Å². The first-order chi connectivity index (χ1) is 7.88. The fourth-order valence-corrected chi connectivity index (χ4v) is 3.29. The minimum Gasteiger partial charge on any atom is -0.316 e. The van der Waals surface area contributed by atoms with Gasteiger partial charge in [0, 0.05) is 12.0 Å². The van der Waals surface area contributed by atoms with E-state index < -0.39 is 0 Å². The molecule has 1 saturated carbocycles. The second-order valence-corrected chi connectivity index (χ2v) is 5.25. The number of benzene rings is 2. The zero-order valence-electron chi connectivity index (χ0n) is 9.24. The van der Waals surface area contributed by atoms with Gasteiger partial charge >= 0.3 is 0 Å². The molecule has 1 aliphatic carbocycles. The predicted octanol–water partition coefficient (Wildman–Crippen LogP) is 2.70. The monoisotopic (exact) mass is 209 g/mol. The Bertz CT molecular complexity index is 560. The van der Waals surface area contributed by atoms with Gasteiger partial charge in [0.05, 0.1) is 0 Å². The van der Waals surface area contributed by atoms with Crippen LogP contribution in [-0.4, -0.2) is 13.1 Å². The van der Waals surface area contributed by atoms with E-state index in [0.717, 1.165) is 5.92 Å². The smallest absolute Gasteiger partial charge is 0.0122 e. The molecule has 2 aliphatic rings. The highest BCUT2D eigenvalue weighted by Gasteiger charge is 2.57. The summed E-state index contributed by atoms with van der Waals surface area (Å²) in [6.45, 7) is 2.39. The lowest BCUT2D eigenvalue weighted by Gasteiger charge is -2.13. The van der Waals surface area contributed by atoms with E-state index in [1.165, 1.54) is 30.3 Å². The van der Waals surface area contributed by atoms with Gasteiger partial charge in [0.1, 0.15) is 0 Å². The minimum absolute atomic E-state index is 0.490. The molecule has 2 aromatic rings. The molecule has 1 heteroatoms. The average Bonchev–Trinajstić information content (AvgIpc) is 2.92. The molecule has 1 nitrogen and oxygen atoms in total. The Labute approximate surface area is 95.5 Å². The number of hydrogen-bond acceptors (Lipinski definition) is 1. The molecule has 16 heavy (non-hydrogen) atoms. The second kappa shape index (κ2) is 2.86. The number of nitrogens with one attached hydrogen (secondary N) is 1. The molecular formula is C15H15N. The Kier molecular flexibility index (Phi) is 1.57.